The maximum atomic E-state index is 12.7. The predicted molar refractivity (Wildman–Crippen MR) is 79.4 cm³/mol. The molecule has 2 unspecified atom stereocenters. The van der Waals surface area contributed by atoms with Crippen molar-refractivity contribution in [3.8, 4) is 0 Å². The van der Waals surface area contributed by atoms with Crippen molar-refractivity contribution in [2.75, 3.05) is 12.3 Å². The Labute approximate surface area is 120 Å². The molecule has 2 rings (SSSR count). The van der Waals surface area contributed by atoms with E-state index < -0.39 is 0 Å². The van der Waals surface area contributed by atoms with Crippen molar-refractivity contribution in [3.63, 3.8) is 0 Å². The number of hydrogen-bond donors (Lipinski definition) is 1. The smallest absolute Gasteiger partial charge is 0.274 e. The Kier molecular flexibility index (Phi) is 4.26. The van der Waals surface area contributed by atoms with Crippen molar-refractivity contribution >= 4 is 11.6 Å². The number of rotatable bonds is 2. The number of anilines is 1. The Morgan fingerprint density at radius 3 is 2.75 bits per heavy atom. The standard InChI is InChI=1S/C15H24N4O/c1-9(2)14-17-7-12(16)13(18-14)15(20)19-8-10(3)5-6-11(19)4/h7,9-11H,5-6,8,16H2,1-4H3. The van der Waals surface area contributed by atoms with E-state index in [1.165, 1.54) is 6.42 Å². The second kappa shape index (κ2) is 5.77. The number of nitrogens with two attached hydrogens (primary N) is 1. The normalized spacial score (nSPS) is 23.1. The quantitative estimate of drug-likeness (QED) is 0.900. The summed E-state index contributed by atoms with van der Waals surface area (Å²) in [5.41, 5.74) is 6.62. The number of hydrogen-bond acceptors (Lipinski definition) is 4. The Morgan fingerprint density at radius 1 is 1.40 bits per heavy atom. The van der Waals surface area contributed by atoms with Gasteiger partial charge in [-0.1, -0.05) is 20.8 Å². The molecule has 1 amide bonds. The van der Waals surface area contributed by atoms with Crippen LogP contribution in [-0.2, 0) is 0 Å². The Balaban J connectivity index is 2.30. The van der Waals surface area contributed by atoms with E-state index in [1.54, 1.807) is 6.20 Å². The molecule has 0 spiro atoms. The second-order valence-corrected chi connectivity index (χ2v) is 6.18. The van der Waals surface area contributed by atoms with Crippen molar-refractivity contribution in [3.05, 3.63) is 17.7 Å². The highest BCUT2D eigenvalue weighted by Gasteiger charge is 2.29. The molecule has 1 fully saturated rings. The molecule has 110 valence electrons. The average molecular weight is 276 g/mol. The molecule has 0 bridgehead atoms. The summed E-state index contributed by atoms with van der Waals surface area (Å²) in [4.78, 5) is 23.2. The summed E-state index contributed by atoms with van der Waals surface area (Å²) in [6.07, 6.45) is 3.75. The van der Waals surface area contributed by atoms with Crippen LogP contribution in [0.5, 0.6) is 0 Å². The number of aromatic nitrogens is 2. The van der Waals surface area contributed by atoms with Gasteiger partial charge < -0.3 is 10.6 Å². The minimum Gasteiger partial charge on any atom is -0.396 e. The number of likely N-dealkylation sites (tertiary alicyclic amines) is 1. The summed E-state index contributed by atoms with van der Waals surface area (Å²) in [6, 6.07) is 0.246. The molecule has 0 radical (unpaired) electrons. The number of nitrogen functional groups attached to an aromatic ring is 1. The minimum absolute atomic E-state index is 0.0640. The van der Waals surface area contributed by atoms with Crippen LogP contribution in [-0.4, -0.2) is 33.4 Å². The van der Waals surface area contributed by atoms with Crippen molar-refractivity contribution in [2.24, 2.45) is 5.92 Å². The molecular weight excluding hydrogens is 252 g/mol. The summed E-state index contributed by atoms with van der Waals surface area (Å²) in [5.74, 6) is 1.31. The molecular formula is C15H24N4O. The van der Waals surface area contributed by atoms with Gasteiger partial charge in [0, 0.05) is 18.5 Å². The lowest BCUT2D eigenvalue weighted by molar-refractivity contribution is 0.0568. The van der Waals surface area contributed by atoms with Gasteiger partial charge in [-0.25, -0.2) is 9.97 Å². The fourth-order valence-corrected chi connectivity index (χ4v) is 2.56. The molecule has 5 heteroatoms. The van der Waals surface area contributed by atoms with Gasteiger partial charge in [0.15, 0.2) is 5.69 Å². The van der Waals surface area contributed by atoms with Gasteiger partial charge in [0.1, 0.15) is 5.82 Å². The largest absolute Gasteiger partial charge is 0.396 e. The van der Waals surface area contributed by atoms with Crippen molar-refractivity contribution < 1.29 is 4.79 Å². The number of carbonyl (C=O) groups is 1. The predicted octanol–water partition coefficient (Wildman–Crippen LogP) is 2.44. The fraction of sp³-hybridized carbons (Fsp3) is 0.667. The van der Waals surface area contributed by atoms with Gasteiger partial charge in [-0.15, -0.1) is 0 Å². The highest BCUT2D eigenvalue weighted by Crippen LogP contribution is 2.24. The summed E-state index contributed by atoms with van der Waals surface area (Å²) >= 11 is 0. The molecule has 0 aromatic carbocycles. The maximum Gasteiger partial charge on any atom is 0.274 e. The SMILES string of the molecule is CC1CCC(C)N(C(=O)c2nc(C(C)C)ncc2N)C1. The van der Waals surface area contributed by atoms with Gasteiger partial charge >= 0.3 is 0 Å². The van der Waals surface area contributed by atoms with Crippen LogP contribution in [0.15, 0.2) is 6.20 Å². The van der Waals surface area contributed by atoms with E-state index in [1.807, 2.05) is 18.7 Å². The first-order valence-electron chi connectivity index (χ1n) is 7.33. The number of carbonyl (C=O) groups excluding carboxylic acids is 1. The van der Waals surface area contributed by atoms with Gasteiger partial charge in [0.05, 0.1) is 11.9 Å². The summed E-state index contributed by atoms with van der Waals surface area (Å²) in [6.45, 7) is 9.05. The van der Waals surface area contributed by atoms with E-state index in [-0.39, 0.29) is 17.9 Å². The number of nitrogens with zero attached hydrogens (tertiary/aromatic N) is 3. The zero-order valence-electron chi connectivity index (χ0n) is 12.8. The van der Waals surface area contributed by atoms with E-state index >= 15 is 0 Å². The van der Waals surface area contributed by atoms with Crippen LogP contribution < -0.4 is 5.73 Å². The molecule has 2 heterocycles. The first-order valence-corrected chi connectivity index (χ1v) is 7.33. The Morgan fingerprint density at radius 2 is 2.10 bits per heavy atom. The van der Waals surface area contributed by atoms with Crippen LogP contribution in [0.25, 0.3) is 0 Å². The van der Waals surface area contributed by atoms with Gasteiger partial charge in [0.25, 0.3) is 5.91 Å². The highest BCUT2D eigenvalue weighted by atomic mass is 16.2. The van der Waals surface area contributed by atoms with Crippen LogP contribution in [0.2, 0.25) is 0 Å². The Hall–Kier alpha value is -1.65. The monoisotopic (exact) mass is 276 g/mol. The Bertz CT molecular complexity index is 501. The van der Waals surface area contributed by atoms with E-state index in [0.29, 0.717) is 23.1 Å². The number of amides is 1. The van der Waals surface area contributed by atoms with Crippen LogP contribution in [0, 0.1) is 5.92 Å². The summed E-state index contributed by atoms with van der Waals surface area (Å²) in [5, 5.41) is 0. The third-order valence-electron chi connectivity index (χ3n) is 3.93. The van der Waals surface area contributed by atoms with Crippen LogP contribution in [0.4, 0.5) is 5.69 Å². The number of piperidine rings is 1. The summed E-state index contributed by atoms with van der Waals surface area (Å²) in [7, 11) is 0. The second-order valence-electron chi connectivity index (χ2n) is 6.18. The first kappa shape index (κ1) is 14.8. The van der Waals surface area contributed by atoms with Crippen molar-refractivity contribution in [1.82, 2.24) is 14.9 Å². The summed E-state index contributed by atoms with van der Waals surface area (Å²) < 4.78 is 0. The topological polar surface area (TPSA) is 72.1 Å². The molecule has 2 atom stereocenters. The lowest BCUT2D eigenvalue weighted by Crippen LogP contribution is -2.45. The molecule has 0 aliphatic carbocycles. The van der Waals surface area contributed by atoms with E-state index in [4.69, 9.17) is 5.73 Å². The minimum atomic E-state index is -0.0640. The van der Waals surface area contributed by atoms with Crippen molar-refractivity contribution in [1.29, 1.82) is 0 Å². The molecule has 5 nitrogen and oxygen atoms in total. The third kappa shape index (κ3) is 2.92. The van der Waals surface area contributed by atoms with E-state index in [0.717, 1.165) is 13.0 Å². The van der Waals surface area contributed by atoms with Gasteiger partial charge in [-0.3, -0.25) is 4.79 Å². The van der Waals surface area contributed by atoms with Crippen molar-refractivity contribution in [2.45, 2.75) is 52.5 Å². The molecule has 0 saturated carbocycles. The van der Waals surface area contributed by atoms with Gasteiger partial charge in [0.2, 0.25) is 0 Å². The van der Waals surface area contributed by atoms with Crippen LogP contribution in [0.1, 0.15) is 62.8 Å². The lowest BCUT2D eigenvalue weighted by Gasteiger charge is -2.36. The molecule has 20 heavy (non-hydrogen) atoms. The molecule has 1 aromatic rings. The van der Waals surface area contributed by atoms with Gasteiger partial charge in [-0.05, 0) is 25.7 Å². The zero-order valence-corrected chi connectivity index (χ0v) is 12.8. The molecule has 1 saturated heterocycles. The van der Waals surface area contributed by atoms with Crippen LogP contribution >= 0.6 is 0 Å². The highest BCUT2D eigenvalue weighted by molar-refractivity contribution is 5.97. The van der Waals surface area contributed by atoms with Gasteiger partial charge in [-0.2, -0.15) is 0 Å². The average Bonchev–Trinajstić information content (AvgIpc) is 2.41. The fourth-order valence-electron chi connectivity index (χ4n) is 2.56. The zero-order chi connectivity index (χ0) is 14.9. The third-order valence-corrected chi connectivity index (χ3v) is 3.93. The molecule has 1 aromatic heterocycles. The van der Waals surface area contributed by atoms with E-state index in [9.17, 15) is 4.79 Å². The molecule has 1 aliphatic rings. The molecule has 2 N–H and O–H groups in total. The lowest BCUT2D eigenvalue weighted by atomic mass is 9.94. The maximum absolute atomic E-state index is 12.7. The first-order chi connectivity index (χ1) is 9.40. The van der Waals surface area contributed by atoms with Crippen LogP contribution in [0.3, 0.4) is 0 Å². The van der Waals surface area contributed by atoms with E-state index in [2.05, 4.69) is 23.8 Å². The molecule has 1 aliphatic heterocycles.